The molecule has 0 amide bonds. The van der Waals surface area contributed by atoms with E-state index in [1.165, 1.54) is 25.7 Å². The standard InChI is InChI=1S/C16H29NO2/c1-3-14-9-8-13(2)17(14)12-16(15(18)19)10-6-4-5-7-11-16/h13-14H,3-12H2,1-2H3,(H,18,19). The van der Waals surface area contributed by atoms with Gasteiger partial charge < -0.3 is 5.11 Å². The summed E-state index contributed by atoms with van der Waals surface area (Å²) in [4.78, 5) is 14.4. The fourth-order valence-corrected chi connectivity index (χ4v) is 4.04. The van der Waals surface area contributed by atoms with Crippen LogP contribution in [0.1, 0.15) is 71.6 Å². The van der Waals surface area contributed by atoms with E-state index in [1.807, 2.05) is 0 Å². The molecule has 1 saturated heterocycles. The van der Waals surface area contributed by atoms with Crippen molar-refractivity contribution in [3.8, 4) is 0 Å². The molecule has 2 rings (SSSR count). The van der Waals surface area contributed by atoms with E-state index < -0.39 is 11.4 Å². The number of rotatable bonds is 4. The van der Waals surface area contributed by atoms with E-state index in [0.717, 1.165) is 38.6 Å². The predicted molar refractivity (Wildman–Crippen MR) is 77.3 cm³/mol. The molecule has 2 unspecified atom stereocenters. The van der Waals surface area contributed by atoms with Crippen LogP contribution in [-0.4, -0.2) is 34.6 Å². The van der Waals surface area contributed by atoms with Crippen molar-refractivity contribution in [1.29, 1.82) is 0 Å². The number of carboxylic acids is 1. The van der Waals surface area contributed by atoms with E-state index >= 15 is 0 Å². The Balaban J connectivity index is 2.13. The van der Waals surface area contributed by atoms with Gasteiger partial charge in [0.05, 0.1) is 5.41 Å². The molecule has 1 heterocycles. The van der Waals surface area contributed by atoms with Gasteiger partial charge in [-0.1, -0.05) is 32.6 Å². The molecule has 2 atom stereocenters. The van der Waals surface area contributed by atoms with Gasteiger partial charge in [0.2, 0.25) is 0 Å². The van der Waals surface area contributed by atoms with E-state index in [4.69, 9.17) is 0 Å². The second-order valence-electron chi connectivity index (χ2n) is 6.66. The average molecular weight is 267 g/mol. The first kappa shape index (κ1) is 14.8. The first-order chi connectivity index (χ1) is 9.09. The van der Waals surface area contributed by atoms with Gasteiger partial charge in [-0.3, -0.25) is 9.69 Å². The molecule has 0 spiro atoms. The van der Waals surface area contributed by atoms with Crippen molar-refractivity contribution in [2.75, 3.05) is 6.54 Å². The number of aliphatic carboxylic acids is 1. The lowest BCUT2D eigenvalue weighted by Gasteiger charge is -2.37. The molecule has 2 aliphatic rings. The van der Waals surface area contributed by atoms with Gasteiger partial charge in [0, 0.05) is 18.6 Å². The molecule has 3 heteroatoms. The maximum absolute atomic E-state index is 11.9. The molecule has 0 aromatic carbocycles. The zero-order valence-corrected chi connectivity index (χ0v) is 12.5. The van der Waals surface area contributed by atoms with Gasteiger partial charge in [-0.05, 0) is 39.0 Å². The fourth-order valence-electron chi connectivity index (χ4n) is 4.04. The second-order valence-corrected chi connectivity index (χ2v) is 6.66. The molecule has 19 heavy (non-hydrogen) atoms. The van der Waals surface area contributed by atoms with Crippen LogP contribution in [0, 0.1) is 5.41 Å². The van der Waals surface area contributed by atoms with E-state index in [1.54, 1.807) is 0 Å². The monoisotopic (exact) mass is 267 g/mol. The van der Waals surface area contributed by atoms with Crippen molar-refractivity contribution >= 4 is 5.97 Å². The summed E-state index contributed by atoms with van der Waals surface area (Å²) in [7, 11) is 0. The Morgan fingerprint density at radius 3 is 2.37 bits per heavy atom. The number of hydrogen-bond acceptors (Lipinski definition) is 2. The second kappa shape index (κ2) is 6.25. The highest BCUT2D eigenvalue weighted by Gasteiger charge is 2.43. The van der Waals surface area contributed by atoms with Crippen LogP contribution in [0.3, 0.4) is 0 Å². The van der Waals surface area contributed by atoms with Crippen molar-refractivity contribution in [3.05, 3.63) is 0 Å². The third-order valence-corrected chi connectivity index (χ3v) is 5.42. The van der Waals surface area contributed by atoms with E-state index in [2.05, 4.69) is 18.7 Å². The summed E-state index contributed by atoms with van der Waals surface area (Å²) in [6.45, 7) is 5.28. The summed E-state index contributed by atoms with van der Waals surface area (Å²) in [5.41, 5.74) is -0.470. The van der Waals surface area contributed by atoms with Crippen LogP contribution in [-0.2, 0) is 4.79 Å². The van der Waals surface area contributed by atoms with Gasteiger partial charge in [0.25, 0.3) is 0 Å². The van der Waals surface area contributed by atoms with Gasteiger partial charge in [0.1, 0.15) is 0 Å². The van der Waals surface area contributed by atoms with Crippen LogP contribution in [0.15, 0.2) is 0 Å². The maximum atomic E-state index is 11.9. The van der Waals surface area contributed by atoms with Gasteiger partial charge >= 0.3 is 5.97 Å². The highest BCUT2D eigenvalue weighted by molar-refractivity contribution is 5.75. The molecule has 1 aliphatic heterocycles. The third-order valence-electron chi connectivity index (χ3n) is 5.42. The molecule has 1 saturated carbocycles. The molecule has 0 bridgehead atoms. The molecular formula is C16H29NO2. The molecule has 110 valence electrons. The number of nitrogens with zero attached hydrogens (tertiary/aromatic N) is 1. The molecule has 1 N–H and O–H groups in total. The Hall–Kier alpha value is -0.570. The summed E-state index contributed by atoms with van der Waals surface area (Å²) < 4.78 is 0. The first-order valence-electron chi connectivity index (χ1n) is 8.08. The van der Waals surface area contributed by atoms with Crippen molar-refractivity contribution in [2.45, 2.75) is 83.7 Å². The van der Waals surface area contributed by atoms with Crippen molar-refractivity contribution in [3.63, 3.8) is 0 Å². The summed E-state index contributed by atoms with van der Waals surface area (Å²) in [6.07, 6.45) is 9.98. The minimum absolute atomic E-state index is 0.470. The highest BCUT2D eigenvalue weighted by Crippen LogP contribution is 2.39. The summed E-state index contributed by atoms with van der Waals surface area (Å²) in [6, 6.07) is 1.17. The van der Waals surface area contributed by atoms with Gasteiger partial charge in [-0.15, -0.1) is 0 Å². The Morgan fingerprint density at radius 1 is 1.21 bits per heavy atom. The Bertz CT molecular complexity index is 308. The van der Waals surface area contributed by atoms with E-state index in [-0.39, 0.29) is 0 Å². The molecular weight excluding hydrogens is 238 g/mol. The molecule has 0 aromatic rings. The SMILES string of the molecule is CCC1CCC(C)N1CC1(C(=O)O)CCCCCC1. The Morgan fingerprint density at radius 2 is 1.84 bits per heavy atom. The van der Waals surface area contributed by atoms with Crippen LogP contribution in [0.25, 0.3) is 0 Å². The Kier molecular flexibility index (Phi) is 4.88. The normalized spacial score (nSPS) is 32.1. The van der Waals surface area contributed by atoms with Crippen LogP contribution >= 0.6 is 0 Å². The first-order valence-corrected chi connectivity index (χ1v) is 8.08. The van der Waals surface area contributed by atoms with Crippen LogP contribution in [0.2, 0.25) is 0 Å². The molecule has 3 nitrogen and oxygen atoms in total. The molecule has 0 radical (unpaired) electrons. The number of hydrogen-bond donors (Lipinski definition) is 1. The Labute approximate surface area is 117 Å². The fraction of sp³-hybridized carbons (Fsp3) is 0.938. The van der Waals surface area contributed by atoms with Crippen molar-refractivity contribution in [2.24, 2.45) is 5.41 Å². The van der Waals surface area contributed by atoms with Gasteiger partial charge in [-0.2, -0.15) is 0 Å². The quantitative estimate of drug-likeness (QED) is 0.790. The summed E-state index contributed by atoms with van der Waals surface area (Å²) >= 11 is 0. The van der Waals surface area contributed by atoms with Crippen LogP contribution < -0.4 is 0 Å². The number of carbonyl (C=O) groups is 1. The predicted octanol–water partition coefficient (Wildman–Crippen LogP) is 3.67. The highest BCUT2D eigenvalue weighted by atomic mass is 16.4. The largest absolute Gasteiger partial charge is 0.481 e. The van der Waals surface area contributed by atoms with Crippen molar-refractivity contribution < 1.29 is 9.90 Å². The van der Waals surface area contributed by atoms with Crippen molar-refractivity contribution in [1.82, 2.24) is 4.90 Å². The smallest absolute Gasteiger partial charge is 0.310 e. The zero-order chi connectivity index (χ0) is 13.9. The van der Waals surface area contributed by atoms with Crippen LogP contribution in [0.4, 0.5) is 0 Å². The van der Waals surface area contributed by atoms with Gasteiger partial charge in [0.15, 0.2) is 0 Å². The number of likely N-dealkylation sites (tertiary alicyclic amines) is 1. The minimum atomic E-state index is -0.552. The third kappa shape index (κ3) is 3.13. The topological polar surface area (TPSA) is 40.5 Å². The minimum Gasteiger partial charge on any atom is -0.481 e. The van der Waals surface area contributed by atoms with E-state index in [9.17, 15) is 9.90 Å². The van der Waals surface area contributed by atoms with Crippen LogP contribution in [0.5, 0.6) is 0 Å². The summed E-state index contributed by atoms with van der Waals surface area (Å²) in [5.74, 6) is -0.552. The lowest BCUT2D eigenvalue weighted by atomic mass is 9.79. The molecule has 1 aliphatic carbocycles. The average Bonchev–Trinajstić information content (AvgIpc) is 2.61. The van der Waals surface area contributed by atoms with Gasteiger partial charge in [-0.25, -0.2) is 0 Å². The lowest BCUT2D eigenvalue weighted by molar-refractivity contribution is -0.151. The maximum Gasteiger partial charge on any atom is 0.310 e. The van der Waals surface area contributed by atoms with E-state index in [0.29, 0.717) is 12.1 Å². The summed E-state index contributed by atoms with van der Waals surface area (Å²) in [5, 5.41) is 9.79. The zero-order valence-electron chi connectivity index (χ0n) is 12.5. The lowest BCUT2D eigenvalue weighted by Crippen LogP contribution is -2.47. The molecule has 0 aromatic heterocycles. The number of carboxylic acid groups (broad SMARTS) is 1. The molecule has 2 fully saturated rings.